The third-order valence-electron chi connectivity index (χ3n) is 6.06. The lowest BCUT2D eigenvalue weighted by Gasteiger charge is -2.39. The molecule has 0 aromatic heterocycles. The molecule has 1 aliphatic rings. The summed E-state index contributed by atoms with van der Waals surface area (Å²) >= 11 is 0. The van der Waals surface area contributed by atoms with E-state index in [2.05, 4.69) is 10.1 Å². The van der Waals surface area contributed by atoms with Crippen LogP contribution in [-0.4, -0.2) is 72.6 Å². The topological polar surface area (TPSA) is 133 Å². The number of ether oxygens (including phenoxy) is 1. The summed E-state index contributed by atoms with van der Waals surface area (Å²) in [6, 6.07) is 6.66. The predicted octanol–water partition coefficient (Wildman–Crippen LogP) is 2.69. The molecule has 16 heteroatoms. The van der Waals surface area contributed by atoms with Crippen molar-refractivity contribution in [3.05, 3.63) is 59.7 Å². The Hall–Kier alpha value is -3.79. The molecule has 2 N–H and O–H groups in total. The molecule has 1 aliphatic heterocycles. The summed E-state index contributed by atoms with van der Waals surface area (Å²) in [4.78, 5) is 36.6. The Labute approximate surface area is 225 Å². The molecular formula is C24H24F5N3O7S. The van der Waals surface area contributed by atoms with E-state index in [0.29, 0.717) is 9.87 Å². The predicted molar refractivity (Wildman–Crippen MR) is 127 cm³/mol. The number of hydrogen-bond acceptors (Lipinski definition) is 6. The molecule has 0 radical (unpaired) electrons. The van der Waals surface area contributed by atoms with Crippen LogP contribution in [0.3, 0.4) is 0 Å². The highest BCUT2D eigenvalue weighted by Crippen LogP contribution is 2.31. The SMILES string of the molecule is CCC(F)(F)c1ccc(CNC(=O)C2CN(C(=O)C(=O)O)CCN2S(=O)(=O)c2ccc(OC(F)(F)F)cc2)cc1. The van der Waals surface area contributed by atoms with E-state index in [0.717, 1.165) is 29.2 Å². The third-order valence-corrected chi connectivity index (χ3v) is 7.98. The van der Waals surface area contributed by atoms with Crippen molar-refractivity contribution in [2.75, 3.05) is 19.6 Å². The van der Waals surface area contributed by atoms with E-state index in [1.165, 1.54) is 31.2 Å². The second-order valence-electron chi connectivity index (χ2n) is 8.68. The molecule has 0 bridgehead atoms. The largest absolute Gasteiger partial charge is 0.573 e. The highest BCUT2D eigenvalue weighted by molar-refractivity contribution is 7.89. The van der Waals surface area contributed by atoms with Gasteiger partial charge in [-0.1, -0.05) is 31.2 Å². The summed E-state index contributed by atoms with van der Waals surface area (Å²) in [6.07, 6.45) is -5.42. The molecule has 1 atom stereocenters. The zero-order valence-electron chi connectivity index (χ0n) is 20.8. The maximum Gasteiger partial charge on any atom is 0.573 e. The Balaban J connectivity index is 1.83. The lowest BCUT2D eigenvalue weighted by Crippen LogP contribution is -2.62. The number of nitrogens with one attached hydrogen (secondary N) is 1. The van der Waals surface area contributed by atoms with Gasteiger partial charge in [0.15, 0.2) is 0 Å². The summed E-state index contributed by atoms with van der Waals surface area (Å²) in [6.45, 7) is -0.399. The van der Waals surface area contributed by atoms with Crippen LogP contribution in [0.15, 0.2) is 53.4 Å². The number of nitrogens with zero attached hydrogens (tertiary/aromatic N) is 2. The highest BCUT2D eigenvalue weighted by Gasteiger charge is 2.42. The lowest BCUT2D eigenvalue weighted by atomic mass is 10.0. The molecule has 0 saturated carbocycles. The Bertz CT molecular complexity index is 1350. The smallest absolute Gasteiger partial charge is 0.474 e. The van der Waals surface area contributed by atoms with Gasteiger partial charge in [-0.15, -0.1) is 13.2 Å². The molecule has 3 rings (SSSR count). The number of alkyl halides is 5. The van der Waals surface area contributed by atoms with Crippen molar-refractivity contribution in [2.45, 2.75) is 43.1 Å². The second kappa shape index (κ2) is 11.8. The van der Waals surface area contributed by atoms with Crippen LogP contribution >= 0.6 is 0 Å². The number of carbonyl (C=O) groups excluding carboxylic acids is 2. The number of carboxylic acid groups (broad SMARTS) is 1. The third kappa shape index (κ3) is 7.24. The van der Waals surface area contributed by atoms with Gasteiger partial charge in [0.1, 0.15) is 11.8 Å². The average Bonchev–Trinajstić information content (AvgIpc) is 2.90. The number of rotatable bonds is 8. The van der Waals surface area contributed by atoms with Crippen molar-refractivity contribution >= 4 is 27.8 Å². The minimum Gasteiger partial charge on any atom is -0.474 e. The highest BCUT2D eigenvalue weighted by atomic mass is 32.2. The van der Waals surface area contributed by atoms with Crippen LogP contribution in [0.25, 0.3) is 0 Å². The summed E-state index contributed by atoms with van der Waals surface area (Å²) < 4.78 is 96.2. The maximum atomic E-state index is 13.9. The molecule has 10 nitrogen and oxygen atoms in total. The molecule has 0 aliphatic carbocycles. The monoisotopic (exact) mass is 593 g/mol. The van der Waals surface area contributed by atoms with Crippen LogP contribution in [-0.2, 0) is 36.9 Å². The Morgan fingerprint density at radius 3 is 2.12 bits per heavy atom. The first-order chi connectivity index (χ1) is 18.5. The summed E-state index contributed by atoms with van der Waals surface area (Å²) in [5, 5.41) is 11.5. The number of halogens is 5. The molecule has 1 fully saturated rings. The molecule has 0 spiro atoms. The normalized spacial score (nSPS) is 16.9. The summed E-state index contributed by atoms with van der Waals surface area (Å²) in [5.41, 5.74) is 0.164. The van der Waals surface area contributed by atoms with Crippen molar-refractivity contribution in [3.63, 3.8) is 0 Å². The van der Waals surface area contributed by atoms with Crippen molar-refractivity contribution in [1.82, 2.24) is 14.5 Å². The van der Waals surface area contributed by atoms with E-state index < -0.39 is 76.3 Å². The molecule has 1 saturated heterocycles. The quantitative estimate of drug-likeness (QED) is 0.355. The molecule has 2 aromatic carbocycles. The zero-order chi connectivity index (χ0) is 29.9. The maximum absolute atomic E-state index is 13.9. The number of carbonyl (C=O) groups is 3. The van der Waals surface area contributed by atoms with Gasteiger partial charge in [-0.05, 0) is 29.8 Å². The molecule has 1 unspecified atom stereocenters. The molecule has 40 heavy (non-hydrogen) atoms. The lowest BCUT2D eigenvalue weighted by molar-refractivity contribution is -0.274. The van der Waals surface area contributed by atoms with E-state index in [9.17, 15) is 44.8 Å². The van der Waals surface area contributed by atoms with Crippen molar-refractivity contribution in [1.29, 1.82) is 0 Å². The standard InChI is InChI=1S/C24H24F5N3O7S/c1-2-23(25,26)16-5-3-15(4-6-16)13-30-20(33)19-14-31(21(34)22(35)36)11-12-32(19)40(37,38)18-9-7-17(8-10-18)39-24(27,28)29/h3-10,19H,2,11-14H2,1H3,(H,30,33)(H,35,36). The fourth-order valence-corrected chi connectivity index (χ4v) is 5.48. The number of amides is 2. The number of aliphatic carboxylic acids is 1. The Morgan fingerprint density at radius 2 is 1.60 bits per heavy atom. The minimum absolute atomic E-state index is 0.211. The number of sulfonamides is 1. The van der Waals surface area contributed by atoms with E-state index in [1.807, 2.05) is 0 Å². The van der Waals surface area contributed by atoms with Gasteiger partial charge in [0.2, 0.25) is 15.9 Å². The van der Waals surface area contributed by atoms with Crippen LogP contribution < -0.4 is 10.1 Å². The van der Waals surface area contributed by atoms with Crippen molar-refractivity contribution < 1.29 is 54.6 Å². The molecule has 2 amide bonds. The average molecular weight is 594 g/mol. The van der Waals surface area contributed by atoms with Crippen LogP contribution in [0, 0.1) is 0 Å². The molecule has 218 valence electrons. The van der Waals surface area contributed by atoms with Crippen LogP contribution in [0.2, 0.25) is 0 Å². The van der Waals surface area contributed by atoms with Crippen LogP contribution in [0.5, 0.6) is 5.75 Å². The first-order valence-electron chi connectivity index (χ1n) is 11.7. The first kappa shape index (κ1) is 30.7. The van der Waals surface area contributed by atoms with Gasteiger partial charge in [-0.25, -0.2) is 22.0 Å². The second-order valence-corrected chi connectivity index (χ2v) is 10.6. The summed E-state index contributed by atoms with van der Waals surface area (Å²) in [5.74, 6) is -7.84. The van der Waals surface area contributed by atoms with Gasteiger partial charge in [-0.3, -0.25) is 9.59 Å². The van der Waals surface area contributed by atoms with Crippen LogP contribution in [0.4, 0.5) is 22.0 Å². The fraction of sp³-hybridized carbons (Fsp3) is 0.375. The van der Waals surface area contributed by atoms with E-state index >= 15 is 0 Å². The van der Waals surface area contributed by atoms with Gasteiger partial charge < -0.3 is 20.1 Å². The molecule has 1 heterocycles. The number of benzene rings is 2. The van der Waals surface area contributed by atoms with Gasteiger partial charge in [0.05, 0.1) is 4.90 Å². The number of carboxylic acids is 1. The minimum atomic E-state index is -5.01. The van der Waals surface area contributed by atoms with Gasteiger partial charge in [-0.2, -0.15) is 4.31 Å². The van der Waals surface area contributed by atoms with Gasteiger partial charge in [0, 0.05) is 38.2 Å². The molecular weight excluding hydrogens is 569 g/mol. The number of piperazine rings is 1. The van der Waals surface area contributed by atoms with Gasteiger partial charge >= 0.3 is 18.2 Å². The Morgan fingerprint density at radius 1 is 1.00 bits per heavy atom. The Kier molecular flexibility index (Phi) is 9.04. The van der Waals surface area contributed by atoms with E-state index in [-0.39, 0.29) is 18.7 Å². The van der Waals surface area contributed by atoms with Gasteiger partial charge in [0.25, 0.3) is 5.92 Å². The first-order valence-corrected chi connectivity index (χ1v) is 13.1. The van der Waals surface area contributed by atoms with Crippen LogP contribution in [0.1, 0.15) is 24.5 Å². The van der Waals surface area contributed by atoms with Crippen molar-refractivity contribution in [2.24, 2.45) is 0 Å². The number of hydrogen-bond donors (Lipinski definition) is 2. The van der Waals surface area contributed by atoms with E-state index in [4.69, 9.17) is 5.11 Å². The molecule has 2 aromatic rings. The summed E-state index contributed by atoms with van der Waals surface area (Å²) in [7, 11) is -4.53. The van der Waals surface area contributed by atoms with Crippen molar-refractivity contribution in [3.8, 4) is 5.75 Å². The fourth-order valence-electron chi connectivity index (χ4n) is 3.91. The zero-order valence-corrected chi connectivity index (χ0v) is 21.6. The van der Waals surface area contributed by atoms with E-state index in [1.54, 1.807) is 0 Å².